The second-order valence-electron chi connectivity index (χ2n) is 4.99. The van der Waals surface area contributed by atoms with Gasteiger partial charge in [0.05, 0.1) is 0 Å². The Bertz CT molecular complexity index is 780. The molecule has 3 N–H and O–H groups in total. The van der Waals surface area contributed by atoms with Gasteiger partial charge in [0, 0.05) is 28.2 Å². The van der Waals surface area contributed by atoms with E-state index < -0.39 is 0 Å². The van der Waals surface area contributed by atoms with Gasteiger partial charge in [0.25, 0.3) is 0 Å². The Morgan fingerprint density at radius 1 is 0.773 bits per heavy atom. The molecule has 3 rings (SSSR count). The van der Waals surface area contributed by atoms with Crippen LogP contribution in [-0.2, 0) is 0 Å². The number of carbonyl (C=O) groups excluding carboxylic acids is 1. The van der Waals surface area contributed by atoms with Crippen molar-refractivity contribution in [3.05, 3.63) is 90.0 Å². The fourth-order valence-corrected chi connectivity index (χ4v) is 2.26. The zero-order chi connectivity index (χ0) is 15.4. The van der Waals surface area contributed by atoms with Crippen molar-refractivity contribution in [3.63, 3.8) is 0 Å². The predicted octanol–water partition coefficient (Wildman–Crippen LogP) is 4.24. The summed E-state index contributed by atoms with van der Waals surface area (Å²) in [5.41, 5.74) is 9.39. The number of rotatable bonds is 4. The Kier molecular flexibility index (Phi) is 3.88. The Morgan fingerprint density at radius 2 is 1.41 bits per heavy atom. The van der Waals surface area contributed by atoms with Crippen LogP contribution in [0, 0.1) is 0 Å². The van der Waals surface area contributed by atoms with Crippen LogP contribution in [0.15, 0.2) is 78.9 Å². The van der Waals surface area contributed by atoms with E-state index in [0.29, 0.717) is 16.8 Å². The normalized spacial score (nSPS) is 10.2. The summed E-state index contributed by atoms with van der Waals surface area (Å²) >= 11 is 0. The lowest BCUT2D eigenvalue weighted by Gasteiger charge is -2.11. The molecular formula is C19H16N2O. The van der Waals surface area contributed by atoms with Crippen LogP contribution < -0.4 is 11.1 Å². The summed E-state index contributed by atoms with van der Waals surface area (Å²) in [5, 5.41) is 3.27. The molecular weight excluding hydrogens is 272 g/mol. The van der Waals surface area contributed by atoms with E-state index in [-0.39, 0.29) is 5.78 Å². The highest BCUT2D eigenvalue weighted by atomic mass is 16.1. The average molecular weight is 288 g/mol. The van der Waals surface area contributed by atoms with Crippen molar-refractivity contribution >= 4 is 22.8 Å². The second kappa shape index (κ2) is 6.14. The van der Waals surface area contributed by atoms with Gasteiger partial charge >= 0.3 is 0 Å². The van der Waals surface area contributed by atoms with Gasteiger partial charge in [-0.25, -0.2) is 0 Å². The maximum absolute atomic E-state index is 12.7. The molecule has 0 aliphatic rings. The monoisotopic (exact) mass is 288 g/mol. The number of nitrogens with one attached hydrogen (secondary N) is 1. The lowest BCUT2D eigenvalue weighted by atomic mass is 10.0. The first-order chi connectivity index (χ1) is 10.7. The van der Waals surface area contributed by atoms with Gasteiger partial charge in [0.15, 0.2) is 5.78 Å². The quantitative estimate of drug-likeness (QED) is 0.557. The van der Waals surface area contributed by atoms with E-state index in [2.05, 4.69) is 5.32 Å². The molecule has 0 heterocycles. The molecule has 0 spiro atoms. The van der Waals surface area contributed by atoms with E-state index in [0.717, 1.165) is 11.4 Å². The van der Waals surface area contributed by atoms with E-state index in [1.54, 1.807) is 0 Å². The van der Waals surface area contributed by atoms with Gasteiger partial charge in [-0.2, -0.15) is 0 Å². The number of anilines is 3. The third-order valence-corrected chi connectivity index (χ3v) is 3.40. The molecule has 0 saturated heterocycles. The van der Waals surface area contributed by atoms with Crippen LogP contribution in [0.2, 0.25) is 0 Å². The van der Waals surface area contributed by atoms with E-state index in [1.165, 1.54) is 0 Å². The van der Waals surface area contributed by atoms with Gasteiger partial charge in [0.1, 0.15) is 0 Å². The molecule has 3 heteroatoms. The lowest BCUT2D eigenvalue weighted by Crippen LogP contribution is -2.05. The van der Waals surface area contributed by atoms with Gasteiger partial charge in [-0.1, -0.05) is 42.5 Å². The highest BCUT2D eigenvalue weighted by Gasteiger charge is 2.12. The fraction of sp³-hybridized carbons (Fsp3) is 0. The van der Waals surface area contributed by atoms with Gasteiger partial charge in [-0.15, -0.1) is 0 Å². The van der Waals surface area contributed by atoms with Crippen LogP contribution in [-0.4, -0.2) is 5.78 Å². The fourth-order valence-electron chi connectivity index (χ4n) is 2.26. The first-order valence-electron chi connectivity index (χ1n) is 7.05. The van der Waals surface area contributed by atoms with E-state index in [4.69, 9.17) is 5.73 Å². The standard InChI is InChI=1S/C19H16N2O/c20-15-10-12-16(13-11-15)21-18-9-5-4-8-17(18)19(22)14-6-2-1-3-7-14/h1-13,21H,20H2. The molecule has 22 heavy (non-hydrogen) atoms. The SMILES string of the molecule is Nc1ccc(Nc2ccccc2C(=O)c2ccccc2)cc1. The Morgan fingerprint density at radius 3 is 2.14 bits per heavy atom. The summed E-state index contributed by atoms with van der Waals surface area (Å²) in [5.74, 6) is -0.000792. The largest absolute Gasteiger partial charge is 0.399 e. The number of para-hydroxylation sites is 1. The minimum absolute atomic E-state index is 0.000792. The lowest BCUT2D eigenvalue weighted by molar-refractivity contribution is 0.103. The molecule has 0 unspecified atom stereocenters. The van der Waals surface area contributed by atoms with Gasteiger partial charge in [-0.05, 0) is 36.4 Å². The molecule has 3 nitrogen and oxygen atoms in total. The number of ketones is 1. The van der Waals surface area contributed by atoms with E-state index >= 15 is 0 Å². The van der Waals surface area contributed by atoms with Crippen molar-refractivity contribution in [1.82, 2.24) is 0 Å². The number of nitrogen functional groups attached to an aromatic ring is 1. The zero-order valence-corrected chi connectivity index (χ0v) is 12.0. The summed E-state index contributed by atoms with van der Waals surface area (Å²) < 4.78 is 0. The third kappa shape index (κ3) is 2.99. The number of hydrogen-bond acceptors (Lipinski definition) is 3. The zero-order valence-electron chi connectivity index (χ0n) is 12.0. The topological polar surface area (TPSA) is 55.1 Å². The average Bonchev–Trinajstić information content (AvgIpc) is 2.58. The second-order valence-corrected chi connectivity index (χ2v) is 4.99. The molecule has 0 aromatic heterocycles. The number of nitrogens with two attached hydrogens (primary N) is 1. The van der Waals surface area contributed by atoms with Crippen LogP contribution in [0.4, 0.5) is 17.1 Å². The molecule has 3 aromatic carbocycles. The van der Waals surface area contributed by atoms with Crippen LogP contribution >= 0.6 is 0 Å². The third-order valence-electron chi connectivity index (χ3n) is 3.40. The van der Waals surface area contributed by atoms with Gasteiger partial charge in [0.2, 0.25) is 0 Å². The molecule has 0 aliphatic carbocycles. The van der Waals surface area contributed by atoms with Crippen molar-refractivity contribution in [2.24, 2.45) is 0 Å². The van der Waals surface area contributed by atoms with Crippen molar-refractivity contribution in [3.8, 4) is 0 Å². The predicted molar refractivity (Wildman–Crippen MR) is 90.5 cm³/mol. The summed E-state index contributed by atoms with van der Waals surface area (Å²) in [6.45, 7) is 0. The minimum Gasteiger partial charge on any atom is -0.399 e. The van der Waals surface area contributed by atoms with Crippen molar-refractivity contribution in [2.45, 2.75) is 0 Å². The molecule has 0 amide bonds. The maximum Gasteiger partial charge on any atom is 0.195 e. The van der Waals surface area contributed by atoms with Crippen LogP contribution in [0.1, 0.15) is 15.9 Å². The van der Waals surface area contributed by atoms with Crippen LogP contribution in [0.25, 0.3) is 0 Å². The first-order valence-corrected chi connectivity index (χ1v) is 7.05. The van der Waals surface area contributed by atoms with Crippen LogP contribution in [0.3, 0.4) is 0 Å². The molecule has 0 radical (unpaired) electrons. The number of benzene rings is 3. The van der Waals surface area contributed by atoms with Gasteiger partial charge in [-0.3, -0.25) is 4.79 Å². The summed E-state index contributed by atoms with van der Waals surface area (Å²) in [6.07, 6.45) is 0. The Labute approximate surface area is 129 Å². The first kappa shape index (κ1) is 13.9. The highest BCUT2D eigenvalue weighted by Crippen LogP contribution is 2.23. The summed E-state index contributed by atoms with van der Waals surface area (Å²) in [4.78, 5) is 12.7. The molecule has 0 saturated carbocycles. The van der Waals surface area contributed by atoms with Crippen molar-refractivity contribution in [1.29, 1.82) is 0 Å². The molecule has 0 aliphatic heterocycles. The Balaban J connectivity index is 1.93. The Hall–Kier alpha value is -3.07. The smallest absolute Gasteiger partial charge is 0.195 e. The van der Waals surface area contributed by atoms with Crippen LogP contribution in [0.5, 0.6) is 0 Å². The highest BCUT2D eigenvalue weighted by molar-refractivity contribution is 6.12. The molecule has 3 aromatic rings. The van der Waals surface area contributed by atoms with E-state index in [1.807, 2.05) is 78.9 Å². The maximum atomic E-state index is 12.7. The molecule has 0 fully saturated rings. The number of carbonyl (C=O) groups is 1. The minimum atomic E-state index is -0.000792. The molecule has 0 bridgehead atoms. The van der Waals surface area contributed by atoms with E-state index in [9.17, 15) is 4.79 Å². The number of hydrogen-bond donors (Lipinski definition) is 2. The molecule has 108 valence electrons. The van der Waals surface area contributed by atoms with Gasteiger partial charge < -0.3 is 11.1 Å². The van der Waals surface area contributed by atoms with Crippen molar-refractivity contribution < 1.29 is 4.79 Å². The summed E-state index contributed by atoms with van der Waals surface area (Å²) in [7, 11) is 0. The molecule has 0 atom stereocenters. The van der Waals surface area contributed by atoms with Crippen molar-refractivity contribution in [2.75, 3.05) is 11.1 Å². The summed E-state index contributed by atoms with van der Waals surface area (Å²) in [6, 6.07) is 24.2.